The summed E-state index contributed by atoms with van der Waals surface area (Å²) in [4.78, 5) is 9.00. The van der Waals surface area contributed by atoms with Crippen molar-refractivity contribution in [3.05, 3.63) is 0 Å². The Morgan fingerprint density at radius 2 is 1.60 bits per heavy atom. The standard InChI is InChI=1S/C4H11O3PS.Ho/c1-3-6-8(5,9)7-4-2;/h3-4H2,1-2H3,(H,5,9);. The van der Waals surface area contributed by atoms with Crippen LogP contribution >= 0.6 is 6.72 Å². The van der Waals surface area contributed by atoms with Gasteiger partial charge in [0.05, 0.1) is 13.2 Å². The average Bonchev–Trinajstić information content (AvgIpc) is 1.64. The van der Waals surface area contributed by atoms with E-state index in [9.17, 15) is 0 Å². The van der Waals surface area contributed by atoms with E-state index in [-0.39, 0.29) is 37.7 Å². The first-order valence-corrected chi connectivity index (χ1v) is 5.33. The molecule has 0 aliphatic rings. The van der Waals surface area contributed by atoms with E-state index in [4.69, 9.17) is 13.9 Å². The third-order valence-corrected chi connectivity index (χ3v) is 2.39. The molecule has 0 aliphatic heterocycles. The minimum atomic E-state index is -2.86. The van der Waals surface area contributed by atoms with Gasteiger partial charge in [-0.1, -0.05) is 0 Å². The predicted octanol–water partition coefficient (Wildman–Crippen LogP) is 1.28. The van der Waals surface area contributed by atoms with Crippen molar-refractivity contribution in [2.45, 2.75) is 13.8 Å². The molecule has 0 saturated carbocycles. The first-order chi connectivity index (χ1) is 4.12. The van der Waals surface area contributed by atoms with Crippen LogP contribution in [0.4, 0.5) is 0 Å². The molecule has 0 spiro atoms. The van der Waals surface area contributed by atoms with Gasteiger partial charge < -0.3 is 13.9 Å². The summed E-state index contributed by atoms with van der Waals surface area (Å²) in [6.45, 7) is 1.45. The summed E-state index contributed by atoms with van der Waals surface area (Å²) in [6, 6.07) is 0. The van der Waals surface area contributed by atoms with Gasteiger partial charge in [-0.15, -0.1) is 0 Å². The monoisotopic (exact) mass is 335 g/mol. The second-order valence-electron chi connectivity index (χ2n) is 1.30. The minimum absolute atomic E-state index is 0. The van der Waals surface area contributed by atoms with Gasteiger partial charge in [-0.3, -0.25) is 0 Å². The molecule has 0 aromatic heterocycles. The normalized spacial score (nSPS) is 10.7. The van der Waals surface area contributed by atoms with Gasteiger partial charge in [0, 0.05) is 37.7 Å². The van der Waals surface area contributed by atoms with Crippen LogP contribution in [-0.2, 0) is 20.9 Å². The van der Waals surface area contributed by atoms with E-state index in [2.05, 4.69) is 11.8 Å². The van der Waals surface area contributed by atoms with Crippen LogP contribution in [0, 0.1) is 37.7 Å². The van der Waals surface area contributed by atoms with Gasteiger partial charge in [-0.25, -0.2) is 0 Å². The van der Waals surface area contributed by atoms with Gasteiger partial charge in [0.1, 0.15) is 0 Å². The van der Waals surface area contributed by atoms with E-state index >= 15 is 0 Å². The van der Waals surface area contributed by atoms with E-state index in [0.29, 0.717) is 13.2 Å². The molecule has 3 nitrogen and oxygen atoms in total. The quantitative estimate of drug-likeness (QED) is 0.621. The molecule has 67 valence electrons. The van der Waals surface area contributed by atoms with Crippen LogP contribution in [0.2, 0.25) is 0 Å². The molecule has 0 heterocycles. The zero-order valence-electron chi connectivity index (χ0n) is 5.83. The van der Waals surface area contributed by atoms with Crippen LogP contribution in [0.15, 0.2) is 0 Å². The second kappa shape index (κ2) is 7.44. The van der Waals surface area contributed by atoms with Crippen LogP contribution in [0.3, 0.4) is 0 Å². The predicted molar refractivity (Wildman–Crippen MR) is 39.8 cm³/mol. The molecule has 10 heavy (non-hydrogen) atoms. The third kappa shape index (κ3) is 7.89. The van der Waals surface area contributed by atoms with Crippen molar-refractivity contribution in [2.75, 3.05) is 13.2 Å². The summed E-state index contributed by atoms with van der Waals surface area (Å²) in [7, 11) is 0. The largest absolute Gasteiger partial charge is 0.324 e. The van der Waals surface area contributed by atoms with Gasteiger partial charge >= 0.3 is 6.72 Å². The topological polar surface area (TPSA) is 38.7 Å². The molecule has 1 N–H and O–H groups in total. The zero-order chi connectivity index (χ0) is 7.33. The Kier molecular flexibility index (Phi) is 10.7. The van der Waals surface area contributed by atoms with E-state index in [1.165, 1.54) is 0 Å². The SMILES string of the molecule is CCOP(O)(=S)OCC.[Ho]. The molecule has 0 amide bonds. The van der Waals surface area contributed by atoms with Crippen molar-refractivity contribution >= 4 is 18.5 Å². The zero-order valence-corrected chi connectivity index (χ0v) is 9.48. The molecule has 0 saturated heterocycles. The van der Waals surface area contributed by atoms with Gasteiger partial charge in [0.15, 0.2) is 0 Å². The first kappa shape index (κ1) is 14.3. The van der Waals surface area contributed by atoms with Crippen molar-refractivity contribution in [3.8, 4) is 0 Å². The Hall–Kier alpha value is 1.79. The molecule has 0 bridgehead atoms. The Morgan fingerprint density at radius 3 is 1.80 bits per heavy atom. The molecule has 1 radical (unpaired) electrons. The minimum Gasteiger partial charge on any atom is -0.324 e. The molecule has 0 aromatic carbocycles. The van der Waals surface area contributed by atoms with Gasteiger partial charge in [0.25, 0.3) is 0 Å². The van der Waals surface area contributed by atoms with Crippen molar-refractivity contribution in [2.24, 2.45) is 0 Å². The van der Waals surface area contributed by atoms with E-state index in [1.54, 1.807) is 13.8 Å². The molecule has 0 fully saturated rings. The Bertz CT molecular complexity index is 111. The fraction of sp³-hybridized carbons (Fsp3) is 1.00. The van der Waals surface area contributed by atoms with Crippen molar-refractivity contribution in [3.63, 3.8) is 0 Å². The second-order valence-corrected chi connectivity index (χ2v) is 4.14. The smallest absolute Gasteiger partial charge is 0.324 e. The summed E-state index contributed by atoms with van der Waals surface area (Å²) in [5.74, 6) is 0. The molecule has 0 unspecified atom stereocenters. The Balaban J connectivity index is 0. The summed E-state index contributed by atoms with van der Waals surface area (Å²) in [6.07, 6.45) is 0. The van der Waals surface area contributed by atoms with E-state index in [0.717, 1.165) is 0 Å². The van der Waals surface area contributed by atoms with E-state index < -0.39 is 6.72 Å². The number of rotatable bonds is 4. The molecule has 0 rings (SSSR count). The fourth-order valence-electron chi connectivity index (χ4n) is 0.364. The maximum Gasteiger partial charge on any atom is 0.324 e. The van der Waals surface area contributed by atoms with Crippen molar-refractivity contribution in [1.82, 2.24) is 0 Å². The van der Waals surface area contributed by atoms with Crippen LogP contribution < -0.4 is 0 Å². The van der Waals surface area contributed by atoms with Gasteiger partial charge in [-0.05, 0) is 25.7 Å². The number of hydrogen-bond acceptors (Lipinski definition) is 3. The maximum atomic E-state index is 9.00. The summed E-state index contributed by atoms with van der Waals surface area (Å²) in [5.41, 5.74) is 0. The molecular formula is C4H11HoO3PS. The molecule has 0 aromatic rings. The van der Waals surface area contributed by atoms with Gasteiger partial charge in [-0.2, -0.15) is 0 Å². The fourth-order valence-corrected chi connectivity index (χ4v) is 1.72. The number of hydrogen-bond donors (Lipinski definition) is 1. The summed E-state index contributed by atoms with van der Waals surface area (Å²) in [5, 5.41) is 0. The van der Waals surface area contributed by atoms with Crippen LogP contribution in [0.25, 0.3) is 0 Å². The third-order valence-electron chi connectivity index (χ3n) is 0.584. The Morgan fingerprint density at radius 1 is 1.30 bits per heavy atom. The molecular weight excluding hydrogens is 324 g/mol. The first-order valence-electron chi connectivity index (χ1n) is 2.74. The maximum absolute atomic E-state index is 9.00. The molecule has 0 aliphatic carbocycles. The molecule has 0 atom stereocenters. The van der Waals surface area contributed by atoms with E-state index in [1.807, 2.05) is 0 Å². The van der Waals surface area contributed by atoms with Crippen LogP contribution in [-0.4, -0.2) is 18.1 Å². The van der Waals surface area contributed by atoms with Crippen molar-refractivity contribution < 1.29 is 51.7 Å². The average molecular weight is 335 g/mol. The van der Waals surface area contributed by atoms with Crippen LogP contribution in [0.5, 0.6) is 0 Å². The van der Waals surface area contributed by atoms with Crippen molar-refractivity contribution in [1.29, 1.82) is 0 Å². The Labute approximate surface area is 96.4 Å². The summed E-state index contributed by atoms with van der Waals surface area (Å²) >= 11 is 4.56. The van der Waals surface area contributed by atoms with Crippen LogP contribution in [0.1, 0.15) is 13.8 Å². The molecule has 6 heteroatoms. The van der Waals surface area contributed by atoms with Gasteiger partial charge in [0.2, 0.25) is 0 Å². The summed E-state index contributed by atoms with van der Waals surface area (Å²) < 4.78 is 9.46.